The average molecular weight is 338 g/mol. The van der Waals surface area contributed by atoms with Crippen LogP contribution in [0.1, 0.15) is 0 Å². The molecule has 0 atom stereocenters. The number of aromatic nitrogens is 1. The molecule has 1 aromatic heterocycles. The van der Waals surface area contributed by atoms with E-state index in [2.05, 4.69) is 0 Å². The second kappa shape index (κ2) is 5.51. The van der Waals surface area contributed by atoms with E-state index in [1.54, 1.807) is 6.07 Å². The van der Waals surface area contributed by atoms with E-state index in [0.29, 0.717) is 10.8 Å². The first kappa shape index (κ1) is 14.7. The van der Waals surface area contributed by atoms with Crippen LogP contribution in [0.15, 0.2) is 50.4 Å². The number of halogens is 2. The summed E-state index contributed by atoms with van der Waals surface area (Å²) in [6.07, 6.45) is 0. The lowest BCUT2D eigenvalue weighted by Crippen LogP contribution is -2.30. The minimum Gasteiger partial charge on any atom is -0.497 e. The molecule has 1 heterocycles. The predicted molar refractivity (Wildman–Crippen MR) is 84.7 cm³/mol. The number of ether oxygens (including phenoxy) is 1. The van der Waals surface area contributed by atoms with Gasteiger partial charge in [-0.1, -0.05) is 23.2 Å². The zero-order valence-corrected chi connectivity index (χ0v) is 12.8. The molecule has 3 rings (SSSR count). The monoisotopic (exact) mass is 337 g/mol. The highest BCUT2D eigenvalue weighted by molar-refractivity contribution is 6.42. The fourth-order valence-corrected chi connectivity index (χ4v) is 2.37. The molecule has 0 unspecified atom stereocenters. The van der Waals surface area contributed by atoms with Gasteiger partial charge in [0, 0.05) is 0 Å². The lowest BCUT2D eigenvalue weighted by atomic mass is 10.2. The summed E-state index contributed by atoms with van der Waals surface area (Å²) in [5.41, 5.74) is -0.0616. The summed E-state index contributed by atoms with van der Waals surface area (Å²) in [5, 5.41) is 0.784. The van der Waals surface area contributed by atoms with E-state index >= 15 is 0 Å². The van der Waals surface area contributed by atoms with Crippen molar-refractivity contribution in [1.82, 2.24) is 4.57 Å². The number of hydrogen-bond donors (Lipinski definition) is 0. The third kappa shape index (κ3) is 2.38. The second-order valence-corrected chi connectivity index (χ2v) is 5.28. The zero-order valence-electron chi connectivity index (χ0n) is 11.3. The molecule has 0 aliphatic heterocycles. The smallest absolute Gasteiger partial charge is 0.426 e. The Hall–Kier alpha value is -2.24. The third-order valence-corrected chi connectivity index (χ3v) is 3.90. The van der Waals surface area contributed by atoms with Gasteiger partial charge < -0.3 is 9.15 Å². The van der Waals surface area contributed by atoms with E-state index in [1.165, 1.54) is 37.4 Å². The molecule has 2 aromatic carbocycles. The number of methoxy groups -OCH3 is 1. The van der Waals surface area contributed by atoms with Crippen molar-refractivity contribution in [3.63, 3.8) is 0 Å². The van der Waals surface area contributed by atoms with Crippen LogP contribution in [0.4, 0.5) is 0 Å². The van der Waals surface area contributed by atoms with Crippen molar-refractivity contribution < 1.29 is 9.15 Å². The van der Waals surface area contributed by atoms with Gasteiger partial charge in [0.25, 0.3) is 5.56 Å². The van der Waals surface area contributed by atoms with Crippen LogP contribution in [0.3, 0.4) is 0 Å². The fraction of sp³-hybridized carbons (Fsp3) is 0.0667. The number of benzene rings is 2. The fourth-order valence-electron chi connectivity index (χ4n) is 2.08. The Balaban J connectivity index is 2.36. The van der Waals surface area contributed by atoms with Crippen LogP contribution in [0.5, 0.6) is 5.75 Å². The van der Waals surface area contributed by atoms with Crippen molar-refractivity contribution in [2.45, 2.75) is 0 Å². The van der Waals surface area contributed by atoms with Crippen molar-refractivity contribution in [1.29, 1.82) is 0 Å². The Labute approximate surface area is 134 Å². The summed E-state index contributed by atoms with van der Waals surface area (Å²) in [5.74, 6) is -0.319. The van der Waals surface area contributed by atoms with Gasteiger partial charge >= 0.3 is 5.76 Å². The summed E-state index contributed by atoms with van der Waals surface area (Å²) in [4.78, 5) is 24.7. The first-order valence-electron chi connectivity index (χ1n) is 6.20. The van der Waals surface area contributed by atoms with E-state index in [9.17, 15) is 9.59 Å². The predicted octanol–water partition coefficient (Wildman–Crippen LogP) is 3.26. The number of rotatable bonds is 2. The molecule has 0 spiro atoms. The normalized spacial score (nSPS) is 10.9. The van der Waals surface area contributed by atoms with E-state index in [4.69, 9.17) is 32.4 Å². The molecule has 0 saturated carbocycles. The lowest BCUT2D eigenvalue weighted by Gasteiger charge is -2.07. The van der Waals surface area contributed by atoms with E-state index in [-0.39, 0.29) is 21.7 Å². The summed E-state index contributed by atoms with van der Waals surface area (Å²) in [6.45, 7) is 0. The Kier molecular flexibility index (Phi) is 3.68. The molecule has 112 valence electrons. The first-order chi connectivity index (χ1) is 10.5. The Morgan fingerprint density at radius 1 is 1.05 bits per heavy atom. The Bertz CT molecular complexity index is 991. The van der Waals surface area contributed by atoms with E-state index < -0.39 is 11.3 Å². The maximum atomic E-state index is 12.6. The standard InChI is InChI=1S/C15H9Cl2NO4/c1-21-9-3-5-13-10(7-9)14(19)18(15(20)22-13)8-2-4-11(16)12(17)6-8/h2-7H,1H3. The molecule has 0 aliphatic rings. The van der Waals surface area contributed by atoms with Crippen LogP contribution >= 0.6 is 23.2 Å². The van der Waals surface area contributed by atoms with Crippen LogP contribution in [-0.4, -0.2) is 11.7 Å². The van der Waals surface area contributed by atoms with Gasteiger partial charge in [-0.05, 0) is 36.4 Å². The van der Waals surface area contributed by atoms with Crippen LogP contribution < -0.4 is 16.1 Å². The van der Waals surface area contributed by atoms with Gasteiger partial charge in [-0.3, -0.25) is 4.79 Å². The van der Waals surface area contributed by atoms with Gasteiger partial charge in [0.05, 0.1) is 28.2 Å². The van der Waals surface area contributed by atoms with Gasteiger partial charge in [-0.15, -0.1) is 0 Å². The number of hydrogen-bond acceptors (Lipinski definition) is 4. The van der Waals surface area contributed by atoms with Crippen molar-refractivity contribution in [2.24, 2.45) is 0 Å². The highest BCUT2D eigenvalue weighted by Gasteiger charge is 2.13. The lowest BCUT2D eigenvalue weighted by molar-refractivity contribution is 0.414. The van der Waals surface area contributed by atoms with Gasteiger partial charge in [-0.25, -0.2) is 9.36 Å². The average Bonchev–Trinajstić information content (AvgIpc) is 2.50. The maximum absolute atomic E-state index is 12.6. The number of fused-ring (bicyclic) bond motifs is 1. The van der Waals surface area contributed by atoms with Crippen LogP contribution in [0.25, 0.3) is 16.7 Å². The summed E-state index contributed by atoms with van der Waals surface area (Å²) < 4.78 is 11.1. The molecule has 0 radical (unpaired) electrons. The molecule has 0 aliphatic carbocycles. The Morgan fingerprint density at radius 2 is 1.82 bits per heavy atom. The second-order valence-electron chi connectivity index (χ2n) is 4.47. The van der Waals surface area contributed by atoms with Gasteiger partial charge in [0.15, 0.2) is 0 Å². The molecule has 0 bridgehead atoms. The minimum absolute atomic E-state index is 0.187. The van der Waals surface area contributed by atoms with Crippen LogP contribution in [-0.2, 0) is 0 Å². The molecule has 22 heavy (non-hydrogen) atoms. The SMILES string of the molecule is COc1ccc2oc(=O)n(-c3ccc(Cl)c(Cl)c3)c(=O)c2c1. The van der Waals surface area contributed by atoms with Crippen LogP contribution in [0.2, 0.25) is 10.0 Å². The zero-order chi connectivity index (χ0) is 15.9. The minimum atomic E-state index is -0.805. The number of nitrogens with zero attached hydrogens (tertiary/aromatic N) is 1. The summed E-state index contributed by atoms with van der Waals surface area (Å²) >= 11 is 11.8. The summed E-state index contributed by atoms with van der Waals surface area (Å²) in [7, 11) is 1.48. The van der Waals surface area contributed by atoms with Gasteiger partial charge in [-0.2, -0.15) is 0 Å². The Morgan fingerprint density at radius 3 is 2.50 bits per heavy atom. The maximum Gasteiger partial charge on any atom is 0.426 e. The van der Waals surface area contributed by atoms with Crippen molar-refractivity contribution in [3.05, 3.63) is 67.3 Å². The highest BCUT2D eigenvalue weighted by atomic mass is 35.5. The van der Waals surface area contributed by atoms with Crippen molar-refractivity contribution >= 4 is 34.2 Å². The molecule has 7 heteroatoms. The summed E-state index contributed by atoms with van der Waals surface area (Å²) in [6, 6.07) is 9.06. The molecule has 0 fully saturated rings. The van der Waals surface area contributed by atoms with Gasteiger partial charge in [0.2, 0.25) is 0 Å². The largest absolute Gasteiger partial charge is 0.497 e. The van der Waals surface area contributed by atoms with Crippen molar-refractivity contribution in [3.8, 4) is 11.4 Å². The third-order valence-electron chi connectivity index (χ3n) is 3.16. The molecule has 0 saturated heterocycles. The molecule has 3 aromatic rings. The van der Waals surface area contributed by atoms with E-state index in [0.717, 1.165) is 4.57 Å². The molecule has 0 N–H and O–H groups in total. The quantitative estimate of drug-likeness (QED) is 0.720. The van der Waals surface area contributed by atoms with Crippen LogP contribution in [0, 0.1) is 0 Å². The first-order valence-corrected chi connectivity index (χ1v) is 6.96. The topological polar surface area (TPSA) is 61.4 Å². The molecule has 0 amide bonds. The highest BCUT2D eigenvalue weighted by Crippen LogP contribution is 2.24. The van der Waals surface area contributed by atoms with Crippen molar-refractivity contribution in [2.75, 3.05) is 7.11 Å². The molecular weight excluding hydrogens is 329 g/mol. The molecular formula is C15H9Cl2NO4. The van der Waals surface area contributed by atoms with E-state index in [1.807, 2.05) is 0 Å². The molecule has 5 nitrogen and oxygen atoms in total. The van der Waals surface area contributed by atoms with Gasteiger partial charge in [0.1, 0.15) is 11.3 Å².